The zero-order valence-corrected chi connectivity index (χ0v) is 21.6. The van der Waals surface area contributed by atoms with E-state index in [2.05, 4.69) is 69.4 Å². The minimum Gasteiger partial charge on any atom is -0.350 e. The van der Waals surface area contributed by atoms with E-state index in [1.54, 1.807) is 6.20 Å². The fraction of sp³-hybridized carbons (Fsp3) is 0.345. The summed E-state index contributed by atoms with van der Waals surface area (Å²) in [5.74, 6) is 1.47. The first-order valence-corrected chi connectivity index (χ1v) is 12.5. The Kier molecular flexibility index (Phi) is 7.88. The average Bonchev–Trinajstić information content (AvgIpc) is 3.38. The van der Waals surface area contributed by atoms with Gasteiger partial charge >= 0.3 is 0 Å². The number of nitrogens with zero attached hydrogens (tertiary/aromatic N) is 5. The van der Waals surface area contributed by atoms with Crippen molar-refractivity contribution in [3.05, 3.63) is 94.9 Å². The fourth-order valence-corrected chi connectivity index (χ4v) is 4.14. The van der Waals surface area contributed by atoms with Crippen molar-refractivity contribution in [3.63, 3.8) is 0 Å². The maximum atomic E-state index is 12.3. The van der Waals surface area contributed by atoms with Gasteiger partial charge in [0.2, 0.25) is 0 Å². The molecule has 1 amide bonds. The Balaban J connectivity index is 1.46. The summed E-state index contributed by atoms with van der Waals surface area (Å²) in [5, 5.41) is 11.9. The Labute approximate surface area is 213 Å². The van der Waals surface area contributed by atoms with Gasteiger partial charge in [-0.25, -0.2) is 0 Å². The Morgan fingerprint density at radius 3 is 2.75 bits per heavy atom. The van der Waals surface area contributed by atoms with E-state index in [-0.39, 0.29) is 11.9 Å². The van der Waals surface area contributed by atoms with Crippen LogP contribution in [0.2, 0.25) is 0 Å². The molecule has 1 aliphatic heterocycles. The van der Waals surface area contributed by atoms with Crippen LogP contribution in [-0.4, -0.2) is 44.0 Å². The number of hydrogen-bond acceptors (Lipinski definition) is 5. The van der Waals surface area contributed by atoms with Crippen LogP contribution in [0.1, 0.15) is 67.7 Å². The van der Waals surface area contributed by atoms with Crippen molar-refractivity contribution >= 4 is 17.2 Å². The number of aromatic nitrogens is 4. The summed E-state index contributed by atoms with van der Waals surface area (Å²) < 4.78 is 2.00. The van der Waals surface area contributed by atoms with Gasteiger partial charge < -0.3 is 9.88 Å². The first-order chi connectivity index (χ1) is 17.4. The van der Waals surface area contributed by atoms with Crippen molar-refractivity contribution in [1.82, 2.24) is 25.1 Å². The van der Waals surface area contributed by atoms with E-state index >= 15 is 0 Å². The molecule has 7 heteroatoms. The second kappa shape index (κ2) is 11.2. The van der Waals surface area contributed by atoms with Crippen molar-refractivity contribution in [2.45, 2.75) is 52.5 Å². The molecule has 0 radical (unpaired) electrons. The van der Waals surface area contributed by atoms with Crippen LogP contribution in [0, 0.1) is 0 Å². The van der Waals surface area contributed by atoms with Crippen LogP contribution in [0.4, 0.5) is 0 Å². The Morgan fingerprint density at radius 2 is 2.06 bits per heavy atom. The average molecular weight is 483 g/mol. The number of carbonyl (C=O) groups excluding carboxylic acids is 1. The molecule has 0 saturated heterocycles. The Hall–Kier alpha value is -3.87. The lowest BCUT2D eigenvalue weighted by molar-refractivity contribution is 0.0939. The number of hydrogen-bond donors (Lipinski definition) is 1. The molecule has 3 heterocycles. The maximum absolute atomic E-state index is 12.3. The lowest BCUT2D eigenvalue weighted by Crippen LogP contribution is -2.31. The molecule has 1 unspecified atom stereocenters. The minimum atomic E-state index is -0.0871. The van der Waals surface area contributed by atoms with Gasteiger partial charge in [-0.15, -0.1) is 10.2 Å². The van der Waals surface area contributed by atoms with Crippen LogP contribution in [-0.2, 0) is 13.5 Å². The van der Waals surface area contributed by atoms with E-state index in [1.807, 2.05) is 37.6 Å². The highest BCUT2D eigenvalue weighted by molar-refractivity contribution is 6.08. The minimum absolute atomic E-state index is 0.0871. The standard InChI is InChI=1S/C29H34N6O/c1-6-21(4)32-29(36)22-13-15-23(30-18-22)14-12-20(3)24-10-8-7-9-11-25(24)27-33-34-28(35(27)5)26-16-19(2)17-31-26/h7,9-11,13,15-16,18,21H,3,6,8,12,14,17H2,1-2,4-5H3,(H,32,36). The van der Waals surface area contributed by atoms with E-state index < -0.39 is 0 Å². The van der Waals surface area contributed by atoms with Gasteiger partial charge in [-0.1, -0.05) is 37.8 Å². The molecule has 0 aromatic carbocycles. The summed E-state index contributed by atoms with van der Waals surface area (Å²) in [4.78, 5) is 21.4. The molecule has 2 aromatic heterocycles. The summed E-state index contributed by atoms with van der Waals surface area (Å²) in [6.07, 6.45) is 15.4. The molecule has 2 aliphatic rings. The third-order valence-electron chi connectivity index (χ3n) is 6.51. The van der Waals surface area contributed by atoms with Gasteiger partial charge in [-0.2, -0.15) is 0 Å². The highest BCUT2D eigenvalue weighted by Gasteiger charge is 2.21. The van der Waals surface area contributed by atoms with Crippen LogP contribution in [0.15, 0.2) is 77.0 Å². The third kappa shape index (κ3) is 5.67. The Morgan fingerprint density at radius 1 is 1.25 bits per heavy atom. The number of nitrogens with one attached hydrogen (secondary N) is 1. The smallest absolute Gasteiger partial charge is 0.253 e. The van der Waals surface area contributed by atoms with E-state index in [9.17, 15) is 4.79 Å². The van der Waals surface area contributed by atoms with Crippen LogP contribution in [0.25, 0.3) is 5.57 Å². The molecule has 7 nitrogen and oxygen atoms in total. The highest BCUT2D eigenvalue weighted by atomic mass is 16.1. The monoisotopic (exact) mass is 482 g/mol. The SMILES string of the molecule is C=C(CCc1ccc(C(=O)NC(C)CC)cn1)C1=CCC=CC=C1c1nnc(C2=NCC(C)=C2)n1C. The number of allylic oxidation sites excluding steroid dienone is 8. The fourth-order valence-electron chi connectivity index (χ4n) is 4.14. The number of aryl methyl sites for hydroxylation is 1. The molecule has 4 rings (SSSR count). The molecule has 0 spiro atoms. The molecule has 0 bridgehead atoms. The first-order valence-electron chi connectivity index (χ1n) is 12.5. The van der Waals surface area contributed by atoms with Gasteiger partial charge in [0, 0.05) is 30.6 Å². The molecule has 1 aliphatic carbocycles. The summed E-state index contributed by atoms with van der Waals surface area (Å²) in [6, 6.07) is 3.90. The van der Waals surface area contributed by atoms with E-state index in [1.165, 1.54) is 5.57 Å². The number of rotatable bonds is 9. The second-order valence-electron chi connectivity index (χ2n) is 9.38. The topological polar surface area (TPSA) is 85.1 Å². The quantitative estimate of drug-likeness (QED) is 0.548. The Bertz CT molecular complexity index is 1300. The van der Waals surface area contributed by atoms with Crippen LogP contribution < -0.4 is 5.32 Å². The molecule has 0 fully saturated rings. The largest absolute Gasteiger partial charge is 0.350 e. The van der Waals surface area contributed by atoms with Gasteiger partial charge in [0.15, 0.2) is 11.6 Å². The van der Waals surface area contributed by atoms with E-state index in [0.717, 1.165) is 65.5 Å². The van der Waals surface area contributed by atoms with Gasteiger partial charge in [-0.3, -0.25) is 14.8 Å². The van der Waals surface area contributed by atoms with E-state index in [4.69, 9.17) is 0 Å². The first kappa shape index (κ1) is 25.2. The molecular weight excluding hydrogens is 448 g/mol. The second-order valence-corrected chi connectivity index (χ2v) is 9.38. The van der Waals surface area contributed by atoms with Crippen LogP contribution in [0.5, 0.6) is 0 Å². The van der Waals surface area contributed by atoms with Gasteiger partial charge in [0.1, 0.15) is 5.71 Å². The number of carbonyl (C=O) groups is 1. The normalized spacial score (nSPS) is 16.0. The molecule has 36 heavy (non-hydrogen) atoms. The van der Waals surface area contributed by atoms with Gasteiger partial charge in [0.25, 0.3) is 5.91 Å². The van der Waals surface area contributed by atoms with Gasteiger partial charge in [0.05, 0.1) is 12.1 Å². The van der Waals surface area contributed by atoms with Crippen molar-refractivity contribution in [2.24, 2.45) is 12.0 Å². The summed E-state index contributed by atoms with van der Waals surface area (Å²) in [5.41, 5.74) is 6.69. The van der Waals surface area contributed by atoms with Crippen molar-refractivity contribution < 1.29 is 4.79 Å². The van der Waals surface area contributed by atoms with Crippen molar-refractivity contribution in [2.75, 3.05) is 6.54 Å². The number of pyridine rings is 1. The molecule has 0 saturated carbocycles. The van der Waals surface area contributed by atoms with Crippen molar-refractivity contribution in [1.29, 1.82) is 0 Å². The van der Waals surface area contributed by atoms with Crippen molar-refractivity contribution in [3.8, 4) is 0 Å². The molecule has 2 aromatic rings. The summed E-state index contributed by atoms with van der Waals surface area (Å²) >= 11 is 0. The predicted octanol–water partition coefficient (Wildman–Crippen LogP) is 4.95. The number of amides is 1. The summed E-state index contributed by atoms with van der Waals surface area (Å²) in [6.45, 7) is 11.2. The number of aliphatic imine (C=N–C) groups is 1. The lowest BCUT2D eigenvalue weighted by Gasteiger charge is -2.15. The van der Waals surface area contributed by atoms with Gasteiger partial charge in [-0.05, 0) is 74.5 Å². The van der Waals surface area contributed by atoms with Crippen LogP contribution in [0.3, 0.4) is 0 Å². The molecule has 1 atom stereocenters. The highest BCUT2D eigenvalue weighted by Crippen LogP contribution is 2.31. The zero-order chi connectivity index (χ0) is 25.7. The summed E-state index contributed by atoms with van der Waals surface area (Å²) in [7, 11) is 1.98. The van der Waals surface area contributed by atoms with Crippen LogP contribution >= 0.6 is 0 Å². The third-order valence-corrected chi connectivity index (χ3v) is 6.51. The zero-order valence-electron chi connectivity index (χ0n) is 21.6. The van der Waals surface area contributed by atoms with E-state index in [0.29, 0.717) is 12.1 Å². The predicted molar refractivity (Wildman–Crippen MR) is 145 cm³/mol. The lowest BCUT2D eigenvalue weighted by atomic mass is 9.93. The molecule has 186 valence electrons. The molecule has 1 N–H and O–H groups in total. The maximum Gasteiger partial charge on any atom is 0.253 e. The molecular formula is C29H34N6O.